The van der Waals surface area contributed by atoms with Gasteiger partial charge in [-0.2, -0.15) is 0 Å². The molecule has 1 aromatic carbocycles. The first-order valence-corrected chi connectivity index (χ1v) is 5.74. The lowest BCUT2D eigenvalue weighted by atomic mass is 9.97. The molecule has 1 N–H and O–H groups in total. The molecule has 1 saturated heterocycles. The first kappa shape index (κ1) is 11.6. The van der Waals surface area contributed by atoms with Gasteiger partial charge >= 0.3 is 0 Å². The smallest absolute Gasteiger partial charge is 0.129 e. The maximum atomic E-state index is 13.6. The topological polar surface area (TPSA) is 29.5 Å². The second-order valence-corrected chi connectivity index (χ2v) is 4.37. The Kier molecular flexibility index (Phi) is 3.56. The van der Waals surface area contributed by atoms with Crippen LogP contribution in [-0.2, 0) is 4.74 Å². The van der Waals surface area contributed by atoms with Gasteiger partial charge in [0.15, 0.2) is 0 Å². The summed E-state index contributed by atoms with van der Waals surface area (Å²) in [5.41, 5.74) is 1.30. The summed E-state index contributed by atoms with van der Waals surface area (Å²) in [5, 5.41) is 10.1. The van der Waals surface area contributed by atoms with Gasteiger partial charge in [0.05, 0.1) is 6.10 Å². The Morgan fingerprint density at radius 1 is 1.44 bits per heavy atom. The third kappa shape index (κ3) is 2.42. The number of benzene rings is 1. The molecular weight excluding hydrogens is 207 g/mol. The van der Waals surface area contributed by atoms with E-state index < -0.39 is 6.10 Å². The molecule has 0 aliphatic carbocycles. The summed E-state index contributed by atoms with van der Waals surface area (Å²) < 4.78 is 19.0. The van der Waals surface area contributed by atoms with Crippen LogP contribution in [0.25, 0.3) is 0 Å². The quantitative estimate of drug-likeness (QED) is 0.837. The van der Waals surface area contributed by atoms with E-state index >= 15 is 0 Å². The van der Waals surface area contributed by atoms with Crippen molar-refractivity contribution in [3.05, 3.63) is 35.1 Å². The van der Waals surface area contributed by atoms with Crippen LogP contribution in [0.5, 0.6) is 0 Å². The summed E-state index contributed by atoms with van der Waals surface area (Å²) in [6.07, 6.45) is 1.76. The number of halogens is 1. The highest BCUT2D eigenvalue weighted by molar-refractivity contribution is 5.26. The molecule has 0 radical (unpaired) electrons. The van der Waals surface area contributed by atoms with E-state index in [9.17, 15) is 9.50 Å². The monoisotopic (exact) mass is 224 g/mol. The van der Waals surface area contributed by atoms with Crippen molar-refractivity contribution in [1.82, 2.24) is 0 Å². The molecule has 0 aromatic heterocycles. The molecular formula is C13H17FO2. The van der Waals surface area contributed by atoms with E-state index in [0.29, 0.717) is 12.2 Å². The molecule has 0 bridgehead atoms. The van der Waals surface area contributed by atoms with E-state index in [1.165, 1.54) is 6.07 Å². The average molecular weight is 224 g/mol. The average Bonchev–Trinajstić information content (AvgIpc) is 2.32. The third-order valence-electron chi connectivity index (χ3n) is 3.04. The Labute approximate surface area is 95.1 Å². The predicted molar refractivity (Wildman–Crippen MR) is 59.7 cm³/mol. The summed E-state index contributed by atoms with van der Waals surface area (Å²) in [6, 6.07) is 4.79. The molecule has 0 saturated carbocycles. The van der Waals surface area contributed by atoms with Crippen molar-refractivity contribution >= 4 is 0 Å². The van der Waals surface area contributed by atoms with Gasteiger partial charge in [0.2, 0.25) is 0 Å². The molecule has 2 unspecified atom stereocenters. The van der Waals surface area contributed by atoms with Crippen molar-refractivity contribution in [2.24, 2.45) is 0 Å². The Bertz CT molecular complexity index is 359. The molecule has 1 heterocycles. The van der Waals surface area contributed by atoms with E-state index in [0.717, 1.165) is 24.8 Å². The van der Waals surface area contributed by atoms with E-state index in [2.05, 4.69) is 0 Å². The van der Waals surface area contributed by atoms with Gasteiger partial charge in [-0.25, -0.2) is 4.39 Å². The van der Waals surface area contributed by atoms with Crippen LogP contribution < -0.4 is 0 Å². The Hall–Kier alpha value is -0.930. The zero-order chi connectivity index (χ0) is 11.5. The van der Waals surface area contributed by atoms with Gasteiger partial charge in [-0.3, -0.25) is 0 Å². The van der Waals surface area contributed by atoms with Crippen LogP contribution in [0, 0.1) is 12.7 Å². The molecule has 1 aliphatic heterocycles. The maximum Gasteiger partial charge on any atom is 0.129 e. The molecule has 2 rings (SSSR count). The number of aliphatic hydroxyl groups is 1. The summed E-state index contributed by atoms with van der Waals surface area (Å²) >= 11 is 0. The normalized spacial score (nSPS) is 23.1. The van der Waals surface area contributed by atoms with Crippen molar-refractivity contribution in [3.63, 3.8) is 0 Å². The minimum Gasteiger partial charge on any atom is -0.386 e. The molecule has 0 spiro atoms. The van der Waals surface area contributed by atoms with Gasteiger partial charge < -0.3 is 9.84 Å². The van der Waals surface area contributed by atoms with Gasteiger partial charge in [0.1, 0.15) is 11.9 Å². The van der Waals surface area contributed by atoms with Gasteiger partial charge in [0.25, 0.3) is 0 Å². The lowest BCUT2D eigenvalue weighted by Crippen LogP contribution is -2.27. The summed E-state index contributed by atoms with van der Waals surface area (Å²) in [6.45, 7) is 2.55. The summed E-state index contributed by atoms with van der Waals surface area (Å²) in [4.78, 5) is 0. The zero-order valence-electron chi connectivity index (χ0n) is 9.45. The Morgan fingerprint density at radius 3 is 2.94 bits per heavy atom. The molecule has 1 aromatic rings. The fraction of sp³-hybridized carbons (Fsp3) is 0.538. The van der Waals surface area contributed by atoms with Crippen LogP contribution in [0.3, 0.4) is 0 Å². The maximum absolute atomic E-state index is 13.6. The molecule has 2 nitrogen and oxygen atoms in total. The van der Waals surface area contributed by atoms with Gasteiger partial charge in [-0.15, -0.1) is 0 Å². The third-order valence-corrected chi connectivity index (χ3v) is 3.04. The second kappa shape index (κ2) is 4.93. The second-order valence-electron chi connectivity index (χ2n) is 4.37. The van der Waals surface area contributed by atoms with Crippen LogP contribution in [0.4, 0.5) is 4.39 Å². The number of aryl methyl sites for hydroxylation is 1. The SMILES string of the molecule is Cc1ccc(F)c(C(O)C2CCCCO2)c1. The molecule has 1 aliphatic rings. The molecule has 1 fully saturated rings. The van der Waals surface area contributed by atoms with Crippen LogP contribution in [0.1, 0.15) is 36.5 Å². The first-order valence-electron chi connectivity index (χ1n) is 5.74. The summed E-state index contributed by atoms with van der Waals surface area (Å²) in [5.74, 6) is -0.354. The number of aliphatic hydroxyl groups excluding tert-OH is 1. The van der Waals surface area contributed by atoms with Crippen LogP contribution in [-0.4, -0.2) is 17.8 Å². The predicted octanol–water partition coefficient (Wildman–Crippen LogP) is 2.74. The van der Waals surface area contributed by atoms with Gasteiger partial charge in [0, 0.05) is 12.2 Å². The largest absolute Gasteiger partial charge is 0.386 e. The Morgan fingerprint density at radius 2 is 2.25 bits per heavy atom. The van der Waals surface area contributed by atoms with Crippen LogP contribution in [0.2, 0.25) is 0 Å². The molecule has 0 amide bonds. The number of ether oxygens (including phenoxy) is 1. The van der Waals surface area contributed by atoms with Crippen molar-refractivity contribution in [2.75, 3.05) is 6.61 Å². The summed E-state index contributed by atoms with van der Waals surface area (Å²) in [7, 11) is 0. The van der Waals surface area contributed by atoms with E-state index in [-0.39, 0.29) is 11.9 Å². The lowest BCUT2D eigenvalue weighted by Gasteiger charge is -2.27. The molecule has 2 atom stereocenters. The Balaban J connectivity index is 2.18. The van der Waals surface area contributed by atoms with Gasteiger partial charge in [-0.1, -0.05) is 17.7 Å². The lowest BCUT2D eigenvalue weighted by molar-refractivity contribution is -0.0644. The van der Waals surface area contributed by atoms with E-state index in [1.807, 2.05) is 6.92 Å². The van der Waals surface area contributed by atoms with Crippen LogP contribution >= 0.6 is 0 Å². The van der Waals surface area contributed by atoms with Gasteiger partial charge in [-0.05, 0) is 32.3 Å². The minimum atomic E-state index is -0.847. The number of hydrogen-bond acceptors (Lipinski definition) is 2. The minimum absolute atomic E-state index is 0.259. The fourth-order valence-corrected chi connectivity index (χ4v) is 2.10. The highest BCUT2D eigenvalue weighted by atomic mass is 19.1. The van der Waals surface area contributed by atoms with Crippen molar-refractivity contribution in [3.8, 4) is 0 Å². The fourth-order valence-electron chi connectivity index (χ4n) is 2.10. The van der Waals surface area contributed by atoms with Crippen LogP contribution in [0.15, 0.2) is 18.2 Å². The van der Waals surface area contributed by atoms with Crippen molar-refractivity contribution < 1.29 is 14.2 Å². The molecule has 3 heteroatoms. The zero-order valence-corrected chi connectivity index (χ0v) is 9.45. The number of rotatable bonds is 2. The standard InChI is InChI=1S/C13H17FO2/c1-9-5-6-11(14)10(8-9)13(15)12-4-2-3-7-16-12/h5-6,8,12-13,15H,2-4,7H2,1H3. The molecule has 88 valence electrons. The van der Waals surface area contributed by atoms with E-state index in [4.69, 9.17) is 4.74 Å². The van der Waals surface area contributed by atoms with E-state index in [1.54, 1.807) is 12.1 Å². The van der Waals surface area contributed by atoms with Crippen molar-refractivity contribution in [2.45, 2.75) is 38.4 Å². The highest BCUT2D eigenvalue weighted by Gasteiger charge is 2.26. The number of hydrogen-bond donors (Lipinski definition) is 1. The van der Waals surface area contributed by atoms with Crippen molar-refractivity contribution in [1.29, 1.82) is 0 Å². The first-order chi connectivity index (χ1) is 7.68. The highest BCUT2D eigenvalue weighted by Crippen LogP contribution is 2.28. The molecule has 16 heavy (non-hydrogen) atoms.